The highest BCUT2D eigenvalue weighted by Crippen LogP contribution is 2.32. The van der Waals surface area contributed by atoms with Crippen LogP contribution < -0.4 is 15.0 Å². The molecule has 0 radical (unpaired) electrons. The van der Waals surface area contributed by atoms with E-state index in [0.717, 1.165) is 24.0 Å². The maximum absolute atomic E-state index is 14.9. The predicted molar refractivity (Wildman–Crippen MR) is 126 cm³/mol. The van der Waals surface area contributed by atoms with Crippen LogP contribution in [0, 0.1) is 5.82 Å². The van der Waals surface area contributed by atoms with Gasteiger partial charge < -0.3 is 9.72 Å². The average Bonchev–Trinajstić information content (AvgIpc) is 3.21. The summed E-state index contributed by atoms with van der Waals surface area (Å²) in [6.07, 6.45) is 4.89. The molecule has 2 N–H and O–H groups in total. The van der Waals surface area contributed by atoms with Gasteiger partial charge in [0.1, 0.15) is 22.1 Å². The van der Waals surface area contributed by atoms with E-state index in [4.69, 9.17) is 4.74 Å². The first kappa shape index (κ1) is 24.6. The van der Waals surface area contributed by atoms with E-state index in [0.29, 0.717) is 23.8 Å². The lowest BCUT2D eigenvalue weighted by atomic mass is 10.0. The van der Waals surface area contributed by atoms with E-state index in [9.17, 15) is 22.4 Å². The van der Waals surface area contributed by atoms with Crippen molar-refractivity contribution < 1.29 is 22.3 Å². The Morgan fingerprint density at radius 1 is 1.24 bits per heavy atom. The van der Waals surface area contributed by atoms with Crippen molar-refractivity contribution in [3.05, 3.63) is 57.1 Å². The number of aryl methyl sites for hydroxylation is 1. The third kappa shape index (κ3) is 6.05. The molecule has 2 aromatic heterocycles. The van der Waals surface area contributed by atoms with Crippen LogP contribution in [0.5, 0.6) is 5.75 Å². The average molecular weight is 494 g/mol. The second kappa shape index (κ2) is 10.3. The number of H-pyrrole nitrogens is 1. The maximum Gasteiger partial charge on any atom is 0.271 e. The molecule has 11 heteroatoms. The van der Waals surface area contributed by atoms with Gasteiger partial charge in [-0.15, -0.1) is 11.3 Å². The number of pyridine rings is 1. The zero-order valence-electron chi connectivity index (χ0n) is 18.4. The van der Waals surface area contributed by atoms with Crippen LogP contribution in [0.1, 0.15) is 41.9 Å². The summed E-state index contributed by atoms with van der Waals surface area (Å²) in [5.74, 6) is -1.34. The smallest absolute Gasteiger partial charge is 0.271 e. The molecule has 0 atom stereocenters. The van der Waals surface area contributed by atoms with Crippen LogP contribution >= 0.6 is 11.3 Å². The van der Waals surface area contributed by atoms with Crippen LogP contribution in [-0.2, 0) is 16.4 Å². The highest BCUT2D eigenvalue weighted by atomic mass is 32.2. The minimum absolute atomic E-state index is 0.0959. The lowest BCUT2D eigenvalue weighted by Gasteiger charge is -2.11. The normalized spacial score (nSPS) is 11.4. The Hall–Kier alpha value is -3.05. The number of nitrogens with one attached hydrogen (secondary N) is 2. The van der Waals surface area contributed by atoms with Crippen LogP contribution in [0.15, 0.2) is 35.3 Å². The van der Waals surface area contributed by atoms with Gasteiger partial charge in [0.25, 0.3) is 11.5 Å². The summed E-state index contributed by atoms with van der Waals surface area (Å²) in [7, 11) is -3.91. The first-order valence-corrected chi connectivity index (χ1v) is 13.0. The van der Waals surface area contributed by atoms with E-state index in [1.165, 1.54) is 29.5 Å². The van der Waals surface area contributed by atoms with Crippen molar-refractivity contribution in [3.63, 3.8) is 0 Å². The molecular weight excluding hydrogens is 469 g/mol. The molecule has 1 aromatic carbocycles. The zero-order valence-corrected chi connectivity index (χ0v) is 20.0. The Bertz CT molecular complexity index is 1330. The number of carbonyl (C=O) groups is 1. The second-order valence-electron chi connectivity index (χ2n) is 7.33. The highest BCUT2D eigenvalue weighted by Gasteiger charge is 2.24. The molecule has 176 valence electrons. The number of sulfonamides is 1. The lowest BCUT2D eigenvalue weighted by Crippen LogP contribution is -2.34. The number of thiazole rings is 1. The fourth-order valence-electron chi connectivity index (χ4n) is 3.05. The van der Waals surface area contributed by atoms with Gasteiger partial charge in [-0.1, -0.05) is 20.3 Å². The van der Waals surface area contributed by atoms with Crippen LogP contribution in [0.2, 0.25) is 0 Å². The topological polar surface area (TPSA) is 118 Å². The number of rotatable bonds is 9. The summed E-state index contributed by atoms with van der Waals surface area (Å²) in [5.41, 5.74) is -0.946. The molecule has 0 aliphatic heterocycles. The minimum atomic E-state index is -3.91. The number of ether oxygens (including phenoxy) is 1. The molecule has 0 aliphatic rings. The van der Waals surface area contributed by atoms with Crippen molar-refractivity contribution in [2.75, 3.05) is 12.9 Å². The molecule has 0 spiro atoms. The van der Waals surface area contributed by atoms with Gasteiger partial charge in [0.2, 0.25) is 10.0 Å². The van der Waals surface area contributed by atoms with Gasteiger partial charge in [0.15, 0.2) is 0 Å². The highest BCUT2D eigenvalue weighted by molar-refractivity contribution is 7.89. The van der Waals surface area contributed by atoms with Crippen molar-refractivity contribution in [2.45, 2.75) is 33.1 Å². The van der Waals surface area contributed by atoms with Crippen LogP contribution in [0.25, 0.3) is 21.8 Å². The summed E-state index contributed by atoms with van der Waals surface area (Å²) >= 11 is 1.26. The molecule has 8 nitrogen and oxygen atoms in total. The summed E-state index contributed by atoms with van der Waals surface area (Å²) in [6, 6.07) is 5.72. The SMILES string of the molecule is CCCCOc1ccc(-c2cc(-c3ncc(CC)s3)c(C(=O)NS(C)(=O)=O)c(=O)[nH]2)c(F)c1. The quantitative estimate of drug-likeness (QED) is 0.439. The number of unbranched alkanes of at least 4 members (excludes halogenated alkanes) is 1. The van der Waals surface area contributed by atoms with Gasteiger partial charge in [-0.05, 0) is 31.0 Å². The fourth-order valence-corrected chi connectivity index (χ4v) is 4.37. The van der Waals surface area contributed by atoms with Crippen LogP contribution in [0.4, 0.5) is 4.39 Å². The Morgan fingerprint density at radius 3 is 2.61 bits per heavy atom. The molecule has 3 rings (SSSR count). The van der Waals surface area contributed by atoms with Gasteiger partial charge in [-0.3, -0.25) is 9.59 Å². The van der Waals surface area contributed by atoms with E-state index < -0.39 is 32.9 Å². The van der Waals surface area contributed by atoms with Gasteiger partial charge in [0, 0.05) is 28.3 Å². The number of nitrogens with zero attached hydrogens (tertiary/aromatic N) is 1. The number of hydrogen-bond acceptors (Lipinski definition) is 7. The molecule has 0 saturated heterocycles. The molecule has 2 heterocycles. The van der Waals surface area contributed by atoms with Crippen molar-refractivity contribution in [1.82, 2.24) is 14.7 Å². The Kier molecular flexibility index (Phi) is 7.65. The maximum atomic E-state index is 14.9. The molecule has 0 unspecified atom stereocenters. The standard InChI is InChI=1S/C22H24FN3O5S2/c1-4-6-9-31-13-7-8-15(17(23)10-13)18-11-16(22-24-12-14(5-2)32-22)19(20(27)25-18)21(28)26-33(3,29)30/h7-8,10-12H,4-6,9H2,1-3H3,(H,25,27)(H,26,28). The third-order valence-electron chi connectivity index (χ3n) is 4.67. The van der Waals surface area contributed by atoms with Crippen molar-refractivity contribution in [2.24, 2.45) is 0 Å². The summed E-state index contributed by atoms with van der Waals surface area (Å²) in [4.78, 5) is 33.2. The number of aromatic amines is 1. The molecular formula is C22H24FN3O5S2. The number of halogens is 1. The van der Waals surface area contributed by atoms with E-state index in [-0.39, 0.29) is 16.8 Å². The van der Waals surface area contributed by atoms with Gasteiger partial charge in [-0.2, -0.15) is 0 Å². The van der Waals surface area contributed by atoms with Crippen molar-refractivity contribution in [1.29, 1.82) is 0 Å². The van der Waals surface area contributed by atoms with Crippen LogP contribution in [0.3, 0.4) is 0 Å². The molecule has 33 heavy (non-hydrogen) atoms. The molecule has 3 aromatic rings. The minimum Gasteiger partial charge on any atom is -0.493 e. The first-order valence-electron chi connectivity index (χ1n) is 10.3. The lowest BCUT2D eigenvalue weighted by molar-refractivity contribution is 0.0981. The summed E-state index contributed by atoms with van der Waals surface area (Å²) in [5, 5.41) is 0.345. The van der Waals surface area contributed by atoms with E-state index >= 15 is 0 Å². The van der Waals surface area contributed by atoms with Gasteiger partial charge in [-0.25, -0.2) is 22.5 Å². The number of hydrogen-bond donors (Lipinski definition) is 2. The van der Waals surface area contributed by atoms with E-state index in [1.807, 2.05) is 18.6 Å². The Balaban J connectivity index is 2.11. The van der Waals surface area contributed by atoms with Crippen molar-refractivity contribution in [3.8, 4) is 27.6 Å². The molecule has 0 aliphatic carbocycles. The van der Waals surface area contributed by atoms with Crippen molar-refractivity contribution >= 4 is 27.3 Å². The molecule has 0 saturated carbocycles. The molecule has 0 fully saturated rings. The Labute approximate surface area is 194 Å². The predicted octanol–water partition coefficient (Wildman–Crippen LogP) is 3.74. The summed E-state index contributed by atoms with van der Waals surface area (Å²) in [6.45, 7) is 4.41. The van der Waals surface area contributed by atoms with E-state index in [2.05, 4.69) is 9.97 Å². The number of aromatic nitrogens is 2. The number of carbonyl (C=O) groups excluding carboxylic acids is 1. The summed E-state index contributed by atoms with van der Waals surface area (Å²) < 4.78 is 45.3. The largest absolute Gasteiger partial charge is 0.493 e. The number of amides is 1. The van der Waals surface area contributed by atoms with Gasteiger partial charge >= 0.3 is 0 Å². The van der Waals surface area contributed by atoms with Crippen LogP contribution in [-0.4, -0.2) is 37.2 Å². The molecule has 0 bridgehead atoms. The number of benzene rings is 1. The second-order valence-corrected chi connectivity index (χ2v) is 10.2. The monoisotopic (exact) mass is 493 g/mol. The fraction of sp³-hybridized carbons (Fsp3) is 0.318. The van der Waals surface area contributed by atoms with Gasteiger partial charge in [0.05, 0.1) is 18.6 Å². The zero-order chi connectivity index (χ0) is 24.2. The third-order valence-corrected chi connectivity index (χ3v) is 6.40. The Morgan fingerprint density at radius 2 is 2.00 bits per heavy atom. The first-order chi connectivity index (χ1) is 15.6. The van der Waals surface area contributed by atoms with E-state index in [1.54, 1.807) is 12.3 Å². The molecule has 1 amide bonds.